The van der Waals surface area contributed by atoms with Crippen LogP contribution in [0.3, 0.4) is 0 Å². The first-order valence-corrected chi connectivity index (χ1v) is 28.2. The lowest BCUT2D eigenvalue weighted by atomic mass is 10.0. The fourth-order valence-electron chi connectivity index (χ4n) is 8.59. The van der Waals surface area contributed by atoms with E-state index in [1.807, 2.05) is 0 Å². The van der Waals surface area contributed by atoms with Crippen LogP contribution in [0.4, 0.5) is 0 Å². The van der Waals surface area contributed by atoms with Gasteiger partial charge in [-0.1, -0.05) is 249 Å². The normalized spacial score (nSPS) is 12.9. The lowest BCUT2D eigenvalue weighted by molar-refractivity contribution is -0.143. The van der Waals surface area contributed by atoms with E-state index in [4.69, 9.17) is 4.74 Å². The number of carbonyl (C=O) groups excluding carboxylic acids is 2. The summed E-state index contributed by atoms with van der Waals surface area (Å²) < 4.78 is 5.42. The number of carbonyl (C=O) groups is 2. The summed E-state index contributed by atoms with van der Waals surface area (Å²) in [7, 11) is 0. The second-order valence-electron chi connectivity index (χ2n) is 19.3. The van der Waals surface area contributed by atoms with E-state index >= 15 is 0 Å². The molecule has 64 heavy (non-hydrogen) atoms. The third-order valence-electron chi connectivity index (χ3n) is 12.9. The quantitative estimate of drug-likeness (QED) is 0.0321. The summed E-state index contributed by atoms with van der Waals surface area (Å²) in [5, 5.41) is 23.1. The van der Waals surface area contributed by atoms with Gasteiger partial charge in [0.1, 0.15) is 0 Å². The Morgan fingerprint density at radius 1 is 0.438 bits per heavy atom. The molecule has 0 rings (SSSR count). The zero-order chi connectivity index (χ0) is 46.5. The van der Waals surface area contributed by atoms with E-state index in [2.05, 4.69) is 55.6 Å². The fraction of sp³-hybridized carbons (Fsp3) is 0.862. The van der Waals surface area contributed by atoms with Crippen molar-refractivity contribution in [2.45, 2.75) is 309 Å². The second-order valence-corrected chi connectivity index (χ2v) is 19.3. The van der Waals surface area contributed by atoms with E-state index < -0.39 is 12.1 Å². The van der Waals surface area contributed by atoms with Crippen molar-refractivity contribution in [2.75, 3.05) is 13.2 Å². The van der Waals surface area contributed by atoms with Crippen molar-refractivity contribution in [3.63, 3.8) is 0 Å². The van der Waals surface area contributed by atoms with Gasteiger partial charge in [-0.15, -0.1) is 0 Å². The van der Waals surface area contributed by atoms with Gasteiger partial charge in [0.25, 0.3) is 0 Å². The molecule has 0 saturated heterocycles. The molecule has 6 nitrogen and oxygen atoms in total. The number of ether oxygens (including phenoxy) is 1. The van der Waals surface area contributed by atoms with Crippen LogP contribution in [0.25, 0.3) is 0 Å². The van der Waals surface area contributed by atoms with Gasteiger partial charge in [-0.05, 0) is 70.6 Å². The Hall–Kier alpha value is -1.92. The first-order valence-electron chi connectivity index (χ1n) is 28.2. The summed E-state index contributed by atoms with van der Waals surface area (Å²) in [6.07, 6.45) is 65.9. The predicted molar refractivity (Wildman–Crippen MR) is 278 cm³/mol. The van der Waals surface area contributed by atoms with E-state index in [-0.39, 0.29) is 18.5 Å². The number of unbranched alkanes of at least 4 members (excludes halogenated alkanes) is 35. The third-order valence-corrected chi connectivity index (χ3v) is 12.9. The lowest BCUT2D eigenvalue weighted by Crippen LogP contribution is -2.45. The highest BCUT2D eigenvalue weighted by molar-refractivity contribution is 5.76. The van der Waals surface area contributed by atoms with Gasteiger partial charge in [0.05, 0.1) is 25.4 Å². The topological polar surface area (TPSA) is 95.9 Å². The molecule has 0 radical (unpaired) electrons. The summed E-state index contributed by atoms with van der Waals surface area (Å²) in [6, 6.07) is -0.543. The minimum absolute atomic E-state index is 0.0389. The van der Waals surface area contributed by atoms with E-state index in [0.717, 1.165) is 51.4 Å². The maximum atomic E-state index is 12.4. The molecule has 2 atom stereocenters. The van der Waals surface area contributed by atoms with Crippen LogP contribution in [0.15, 0.2) is 36.5 Å². The second kappa shape index (κ2) is 53.7. The van der Waals surface area contributed by atoms with Crippen LogP contribution in [0.2, 0.25) is 0 Å². The molecule has 0 saturated carbocycles. The SMILES string of the molecule is CCCCCCCC/C=C\CCCCCCCCCC(=O)OCC/C=C\C/C=C\CCCCCCCCCCCCCCCCC(=O)NC(CO)C(O)CCCCCCCCCCC. The number of aliphatic hydroxyl groups excluding tert-OH is 2. The molecule has 0 aliphatic rings. The van der Waals surface area contributed by atoms with E-state index in [9.17, 15) is 19.8 Å². The summed E-state index contributed by atoms with van der Waals surface area (Å²) in [6.45, 7) is 4.82. The summed E-state index contributed by atoms with van der Waals surface area (Å²) in [5.74, 6) is -0.0814. The first kappa shape index (κ1) is 62.1. The number of esters is 1. The molecule has 0 aromatic carbocycles. The Kier molecular flexibility index (Phi) is 52.1. The molecule has 3 N–H and O–H groups in total. The zero-order valence-electron chi connectivity index (χ0n) is 42.8. The monoisotopic (exact) mass is 900 g/mol. The Balaban J connectivity index is 3.43. The Bertz CT molecular complexity index is 1040. The minimum atomic E-state index is -0.665. The maximum absolute atomic E-state index is 12.4. The van der Waals surface area contributed by atoms with Crippen LogP contribution < -0.4 is 5.32 Å². The number of amides is 1. The van der Waals surface area contributed by atoms with Crippen LogP contribution in [-0.2, 0) is 14.3 Å². The summed E-state index contributed by atoms with van der Waals surface area (Å²) in [4.78, 5) is 24.4. The number of allylic oxidation sites excluding steroid dienone is 5. The molecule has 0 spiro atoms. The molecule has 0 aromatic rings. The van der Waals surface area contributed by atoms with Crippen molar-refractivity contribution in [2.24, 2.45) is 0 Å². The highest BCUT2D eigenvalue weighted by Gasteiger charge is 2.20. The van der Waals surface area contributed by atoms with E-state index in [1.165, 1.54) is 212 Å². The standard InChI is InChI=1S/C58H109NO5/c1-3-5-7-9-11-13-14-15-16-22-26-29-32-36-40-44-48-52-58(63)64-53-49-45-41-37-33-30-27-24-21-19-17-18-20-23-25-28-31-35-39-43-47-51-57(62)59-55(54-60)56(61)50-46-42-38-34-12-10-8-6-4-2/h15-16,30,33,41,45,55-56,60-61H,3-14,17-29,31-32,34-40,42-44,46-54H2,1-2H3,(H,59,62)/b16-15-,33-30-,45-41-. The highest BCUT2D eigenvalue weighted by atomic mass is 16.5. The van der Waals surface area contributed by atoms with Crippen molar-refractivity contribution < 1.29 is 24.5 Å². The fourth-order valence-corrected chi connectivity index (χ4v) is 8.59. The summed E-state index contributed by atoms with van der Waals surface area (Å²) in [5.41, 5.74) is 0. The van der Waals surface area contributed by atoms with Gasteiger partial charge in [0, 0.05) is 12.8 Å². The van der Waals surface area contributed by atoms with Gasteiger partial charge in [0.2, 0.25) is 5.91 Å². The van der Waals surface area contributed by atoms with Crippen LogP contribution in [0, 0.1) is 0 Å². The molecule has 0 fully saturated rings. The molecule has 2 unspecified atom stereocenters. The number of rotatable bonds is 52. The van der Waals surface area contributed by atoms with Crippen molar-refractivity contribution in [1.29, 1.82) is 0 Å². The predicted octanol–water partition coefficient (Wildman–Crippen LogP) is 17.2. The third kappa shape index (κ3) is 49.5. The van der Waals surface area contributed by atoms with Crippen molar-refractivity contribution in [3.8, 4) is 0 Å². The highest BCUT2D eigenvalue weighted by Crippen LogP contribution is 2.16. The van der Waals surface area contributed by atoms with E-state index in [1.54, 1.807) is 0 Å². The van der Waals surface area contributed by atoms with Gasteiger partial charge in [0.15, 0.2) is 0 Å². The molecule has 0 bridgehead atoms. The Morgan fingerprint density at radius 3 is 1.20 bits per heavy atom. The van der Waals surface area contributed by atoms with Crippen LogP contribution in [0.1, 0.15) is 296 Å². The van der Waals surface area contributed by atoms with Gasteiger partial charge in [-0.3, -0.25) is 9.59 Å². The number of hydrogen-bond acceptors (Lipinski definition) is 5. The first-order chi connectivity index (χ1) is 31.5. The zero-order valence-corrected chi connectivity index (χ0v) is 42.8. The smallest absolute Gasteiger partial charge is 0.305 e. The lowest BCUT2D eigenvalue weighted by Gasteiger charge is -2.22. The average Bonchev–Trinajstić information content (AvgIpc) is 3.29. The van der Waals surface area contributed by atoms with Crippen LogP contribution >= 0.6 is 0 Å². The van der Waals surface area contributed by atoms with Gasteiger partial charge >= 0.3 is 5.97 Å². The molecule has 0 aromatic heterocycles. The minimum Gasteiger partial charge on any atom is -0.465 e. The molecular weight excluding hydrogens is 791 g/mol. The maximum Gasteiger partial charge on any atom is 0.305 e. The number of nitrogens with one attached hydrogen (secondary N) is 1. The van der Waals surface area contributed by atoms with Gasteiger partial charge < -0.3 is 20.3 Å². The van der Waals surface area contributed by atoms with Crippen LogP contribution in [0.5, 0.6) is 0 Å². The molecule has 0 aliphatic carbocycles. The van der Waals surface area contributed by atoms with Gasteiger partial charge in [-0.2, -0.15) is 0 Å². The summed E-state index contributed by atoms with van der Waals surface area (Å²) >= 11 is 0. The molecule has 1 amide bonds. The number of hydrogen-bond donors (Lipinski definition) is 3. The van der Waals surface area contributed by atoms with Crippen molar-refractivity contribution in [3.05, 3.63) is 36.5 Å². The van der Waals surface area contributed by atoms with Gasteiger partial charge in [-0.25, -0.2) is 0 Å². The average molecular weight is 901 g/mol. The molecule has 376 valence electrons. The van der Waals surface area contributed by atoms with Crippen LogP contribution in [-0.4, -0.2) is 47.4 Å². The molecule has 0 heterocycles. The Morgan fingerprint density at radius 2 is 0.781 bits per heavy atom. The van der Waals surface area contributed by atoms with Crippen molar-refractivity contribution >= 4 is 11.9 Å². The molecule has 0 aliphatic heterocycles. The molecule has 6 heteroatoms. The largest absolute Gasteiger partial charge is 0.465 e. The van der Waals surface area contributed by atoms with E-state index in [0.29, 0.717) is 25.9 Å². The number of aliphatic hydroxyl groups is 2. The Labute approximate surface area is 398 Å². The van der Waals surface area contributed by atoms with Crippen molar-refractivity contribution in [1.82, 2.24) is 5.32 Å². The molecular formula is C58H109NO5.